The van der Waals surface area contributed by atoms with Gasteiger partial charge in [-0.25, -0.2) is 4.79 Å². The van der Waals surface area contributed by atoms with Crippen molar-refractivity contribution >= 4 is 17.3 Å². The minimum Gasteiger partial charge on any atom is -0.478 e. The van der Waals surface area contributed by atoms with Crippen molar-refractivity contribution < 1.29 is 9.90 Å². The number of hydrogen-bond acceptors (Lipinski definition) is 2. The molecule has 0 atom stereocenters. The molecule has 0 bridgehead atoms. The SMILES string of the molecule is CC(C)c1ccccc1Nc1ccc(C(=O)O)cc1. The highest BCUT2D eigenvalue weighted by Crippen LogP contribution is 2.26. The number of carboxylic acids is 1. The van der Waals surface area contributed by atoms with E-state index in [0.29, 0.717) is 11.5 Å². The molecule has 3 heteroatoms. The lowest BCUT2D eigenvalue weighted by Crippen LogP contribution is -1.99. The molecule has 0 aliphatic rings. The van der Waals surface area contributed by atoms with Crippen LogP contribution in [0.3, 0.4) is 0 Å². The van der Waals surface area contributed by atoms with Crippen molar-refractivity contribution in [3.8, 4) is 0 Å². The van der Waals surface area contributed by atoms with Crippen LogP contribution in [-0.2, 0) is 0 Å². The third-order valence-electron chi connectivity index (χ3n) is 2.99. The lowest BCUT2D eigenvalue weighted by Gasteiger charge is -2.14. The zero-order valence-corrected chi connectivity index (χ0v) is 11.1. The summed E-state index contributed by atoms with van der Waals surface area (Å²) < 4.78 is 0. The molecule has 0 aromatic heterocycles. The Morgan fingerprint density at radius 3 is 2.26 bits per heavy atom. The second-order valence-corrected chi connectivity index (χ2v) is 4.75. The van der Waals surface area contributed by atoms with Gasteiger partial charge in [0.1, 0.15) is 0 Å². The van der Waals surface area contributed by atoms with Crippen LogP contribution < -0.4 is 5.32 Å². The van der Waals surface area contributed by atoms with Crippen LogP contribution >= 0.6 is 0 Å². The van der Waals surface area contributed by atoms with Gasteiger partial charge in [-0.05, 0) is 41.8 Å². The first-order valence-corrected chi connectivity index (χ1v) is 6.27. The Hall–Kier alpha value is -2.29. The first-order chi connectivity index (χ1) is 9.08. The number of carboxylic acid groups (broad SMARTS) is 1. The Balaban J connectivity index is 2.24. The van der Waals surface area contributed by atoms with E-state index in [-0.39, 0.29) is 0 Å². The smallest absolute Gasteiger partial charge is 0.335 e. The molecule has 0 saturated carbocycles. The fourth-order valence-corrected chi connectivity index (χ4v) is 1.97. The average Bonchev–Trinajstić information content (AvgIpc) is 2.39. The standard InChI is InChI=1S/C16H17NO2/c1-11(2)14-5-3-4-6-15(14)17-13-9-7-12(8-10-13)16(18)19/h3-11,17H,1-2H3,(H,18,19). The highest BCUT2D eigenvalue weighted by molar-refractivity contribution is 5.88. The van der Waals surface area contributed by atoms with Gasteiger partial charge >= 0.3 is 5.97 Å². The fraction of sp³-hybridized carbons (Fsp3) is 0.188. The van der Waals surface area contributed by atoms with Crippen LogP contribution in [0.2, 0.25) is 0 Å². The van der Waals surface area contributed by atoms with Gasteiger partial charge in [-0.1, -0.05) is 32.0 Å². The number of rotatable bonds is 4. The predicted octanol–water partition coefficient (Wildman–Crippen LogP) is 4.25. The van der Waals surface area contributed by atoms with Gasteiger partial charge in [0.25, 0.3) is 0 Å². The lowest BCUT2D eigenvalue weighted by molar-refractivity contribution is 0.0697. The second kappa shape index (κ2) is 5.57. The molecule has 0 aliphatic carbocycles. The first kappa shape index (κ1) is 13.1. The average molecular weight is 255 g/mol. The number of para-hydroxylation sites is 1. The van der Waals surface area contributed by atoms with Crippen molar-refractivity contribution in [1.82, 2.24) is 0 Å². The van der Waals surface area contributed by atoms with Gasteiger partial charge in [0, 0.05) is 11.4 Å². The molecular weight excluding hydrogens is 238 g/mol. The van der Waals surface area contributed by atoms with Crippen LogP contribution in [-0.4, -0.2) is 11.1 Å². The number of nitrogens with one attached hydrogen (secondary N) is 1. The van der Waals surface area contributed by atoms with E-state index in [1.165, 1.54) is 5.56 Å². The Morgan fingerprint density at radius 2 is 1.68 bits per heavy atom. The Morgan fingerprint density at radius 1 is 1.05 bits per heavy atom. The van der Waals surface area contributed by atoms with Crippen LogP contribution in [0.15, 0.2) is 48.5 Å². The van der Waals surface area contributed by atoms with Gasteiger partial charge in [0.15, 0.2) is 0 Å². The van der Waals surface area contributed by atoms with Gasteiger partial charge in [-0.3, -0.25) is 0 Å². The van der Waals surface area contributed by atoms with Crippen LogP contribution in [0.4, 0.5) is 11.4 Å². The summed E-state index contributed by atoms with van der Waals surface area (Å²) in [5.74, 6) is -0.476. The van der Waals surface area contributed by atoms with E-state index in [1.54, 1.807) is 24.3 Å². The highest BCUT2D eigenvalue weighted by atomic mass is 16.4. The molecule has 0 radical (unpaired) electrons. The molecule has 0 amide bonds. The summed E-state index contributed by atoms with van der Waals surface area (Å²) in [4.78, 5) is 10.8. The molecule has 0 fully saturated rings. The zero-order chi connectivity index (χ0) is 13.8. The monoisotopic (exact) mass is 255 g/mol. The highest BCUT2D eigenvalue weighted by Gasteiger charge is 2.06. The Labute approximate surface area is 112 Å². The molecule has 0 spiro atoms. The van der Waals surface area contributed by atoms with Crippen molar-refractivity contribution in [1.29, 1.82) is 0 Å². The van der Waals surface area contributed by atoms with E-state index < -0.39 is 5.97 Å². The normalized spacial score (nSPS) is 10.5. The van der Waals surface area contributed by atoms with E-state index in [4.69, 9.17) is 5.11 Å². The summed E-state index contributed by atoms with van der Waals surface area (Å²) in [6, 6.07) is 14.9. The summed E-state index contributed by atoms with van der Waals surface area (Å²) in [5.41, 5.74) is 3.48. The van der Waals surface area contributed by atoms with Crippen LogP contribution in [0.25, 0.3) is 0 Å². The molecule has 0 aliphatic heterocycles. The molecule has 0 saturated heterocycles. The van der Waals surface area contributed by atoms with Crippen LogP contribution in [0, 0.1) is 0 Å². The summed E-state index contributed by atoms with van der Waals surface area (Å²) in [7, 11) is 0. The zero-order valence-electron chi connectivity index (χ0n) is 11.1. The molecule has 19 heavy (non-hydrogen) atoms. The topological polar surface area (TPSA) is 49.3 Å². The fourth-order valence-electron chi connectivity index (χ4n) is 1.97. The molecule has 3 nitrogen and oxygen atoms in total. The first-order valence-electron chi connectivity index (χ1n) is 6.27. The minimum absolute atomic E-state index is 0.294. The van der Waals surface area contributed by atoms with Gasteiger partial charge in [0.05, 0.1) is 5.56 Å². The maximum Gasteiger partial charge on any atom is 0.335 e. The van der Waals surface area contributed by atoms with Crippen molar-refractivity contribution in [3.05, 3.63) is 59.7 Å². The number of aromatic carboxylic acids is 1. The molecular formula is C16H17NO2. The van der Waals surface area contributed by atoms with Gasteiger partial charge in [-0.15, -0.1) is 0 Å². The maximum atomic E-state index is 10.8. The van der Waals surface area contributed by atoms with Crippen molar-refractivity contribution in [3.63, 3.8) is 0 Å². The molecule has 2 aromatic rings. The molecule has 98 valence electrons. The minimum atomic E-state index is -0.908. The second-order valence-electron chi connectivity index (χ2n) is 4.75. The molecule has 0 heterocycles. The summed E-state index contributed by atoms with van der Waals surface area (Å²) in [6.45, 7) is 4.29. The molecule has 2 rings (SSSR count). The molecule has 0 unspecified atom stereocenters. The quantitative estimate of drug-likeness (QED) is 0.858. The maximum absolute atomic E-state index is 10.8. The number of benzene rings is 2. The van der Waals surface area contributed by atoms with Crippen molar-refractivity contribution in [2.75, 3.05) is 5.32 Å². The Kier molecular flexibility index (Phi) is 3.85. The van der Waals surface area contributed by atoms with E-state index >= 15 is 0 Å². The molecule has 2 N–H and O–H groups in total. The summed E-state index contributed by atoms with van der Waals surface area (Å²) >= 11 is 0. The van der Waals surface area contributed by atoms with Crippen molar-refractivity contribution in [2.45, 2.75) is 19.8 Å². The predicted molar refractivity (Wildman–Crippen MR) is 77.2 cm³/mol. The van der Waals surface area contributed by atoms with Gasteiger partial charge in [0.2, 0.25) is 0 Å². The summed E-state index contributed by atoms with van der Waals surface area (Å²) in [6.07, 6.45) is 0. The molecule has 2 aromatic carbocycles. The number of anilines is 2. The van der Waals surface area contributed by atoms with E-state index in [1.807, 2.05) is 18.2 Å². The largest absolute Gasteiger partial charge is 0.478 e. The summed E-state index contributed by atoms with van der Waals surface area (Å²) in [5, 5.41) is 12.2. The van der Waals surface area contributed by atoms with E-state index in [9.17, 15) is 4.79 Å². The third-order valence-corrected chi connectivity index (χ3v) is 2.99. The number of hydrogen-bond donors (Lipinski definition) is 2. The van der Waals surface area contributed by atoms with Crippen LogP contribution in [0.1, 0.15) is 35.7 Å². The van der Waals surface area contributed by atoms with Gasteiger partial charge in [-0.2, -0.15) is 0 Å². The Bertz CT molecular complexity index is 574. The van der Waals surface area contributed by atoms with E-state index in [0.717, 1.165) is 11.4 Å². The lowest BCUT2D eigenvalue weighted by atomic mass is 10.0. The van der Waals surface area contributed by atoms with E-state index in [2.05, 4.69) is 25.2 Å². The third kappa shape index (κ3) is 3.13. The van der Waals surface area contributed by atoms with Gasteiger partial charge < -0.3 is 10.4 Å². The van der Waals surface area contributed by atoms with Crippen LogP contribution in [0.5, 0.6) is 0 Å². The number of carbonyl (C=O) groups is 1. The van der Waals surface area contributed by atoms with Crippen molar-refractivity contribution in [2.24, 2.45) is 0 Å².